The van der Waals surface area contributed by atoms with Crippen molar-refractivity contribution >= 4 is 17.1 Å². The van der Waals surface area contributed by atoms with Crippen molar-refractivity contribution in [3.05, 3.63) is 92.7 Å². The van der Waals surface area contributed by atoms with E-state index in [4.69, 9.17) is 9.47 Å². The lowest BCUT2D eigenvalue weighted by Gasteiger charge is -2.31. The number of hydrogen-bond acceptors (Lipinski definition) is 6. The second-order valence-electron chi connectivity index (χ2n) is 11.7. The van der Waals surface area contributed by atoms with Crippen molar-refractivity contribution in [1.82, 2.24) is 20.0 Å². The predicted molar refractivity (Wildman–Crippen MR) is 169 cm³/mol. The molecule has 9 heteroatoms. The number of nitrogens with zero attached hydrogens (tertiary/aromatic N) is 2. The molecule has 3 aromatic heterocycles. The Kier molecular flexibility index (Phi) is 8.38. The molecule has 2 atom stereocenters. The zero-order valence-corrected chi connectivity index (χ0v) is 25.5. The summed E-state index contributed by atoms with van der Waals surface area (Å²) in [5.74, 6) is -0.177. The Morgan fingerprint density at radius 3 is 2.60 bits per heavy atom. The number of fused-ring (bicyclic) bond motifs is 1. The van der Waals surface area contributed by atoms with Gasteiger partial charge in [-0.15, -0.1) is 0 Å². The van der Waals surface area contributed by atoms with E-state index in [2.05, 4.69) is 68.4 Å². The van der Waals surface area contributed by atoms with Crippen LogP contribution in [0.2, 0.25) is 0 Å². The molecular weight excluding hydrogens is 542 g/mol. The van der Waals surface area contributed by atoms with Gasteiger partial charge in [0.25, 0.3) is 11.5 Å². The maximum Gasteiger partial charge on any atom is 0.253 e. The van der Waals surface area contributed by atoms with Crippen molar-refractivity contribution in [2.24, 2.45) is 0 Å². The first-order valence-electron chi connectivity index (χ1n) is 15.2. The van der Waals surface area contributed by atoms with E-state index >= 15 is 0 Å². The fourth-order valence-corrected chi connectivity index (χ4v) is 6.62. The summed E-state index contributed by atoms with van der Waals surface area (Å²) >= 11 is 0. The number of pyridine rings is 2. The molecule has 0 aliphatic carbocycles. The average molecular weight is 584 g/mol. The molecule has 1 aromatic carbocycles. The Hall–Kier alpha value is -3.92. The van der Waals surface area contributed by atoms with E-state index in [-0.39, 0.29) is 30.0 Å². The van der Waals surface area contributed by atoms with Gasteiger partial charge in [-0.1, -0.05) is 25.1 Å². The number of ether oxygens (including phenoxy) is 2. The van der Waals surface area contributed by atoms with Gasteiger partial charge in [0.05, 0.1) is 31.4 Å². The second kappa shape index (κ2) is 12.4. The SMILES string of the molecule is Cc1cc(C)c(CNC(=O)c2cc3c(-c4ccccc4N4CCOCC4)ccn3c(C(C)C3CNCCO3)c2C)c(=O)[nH]1. The van der Waals surface area contributed by atoms with Gasteiger partial charge < -0.3 is 34.4 Å². The number of hydrogen-bond donors (Lipinski definition) is 3. The first-order valence-corrected chi connectivity index (χ1v) is 15.2. The van der Waals surface area contributed by atoms with E-state index in [0.717, 1.165) is 71.0 Å². The fraction of sp³-hybridized carbons (Fsp3) is 0.412. The number of aryl methyl sites for hydroxylation is 2. The summed E-state index contributed by atoms with van der Waals surface area (Å²) in [4.78, 5) is 31.8. The first-order chi connectivity index (χ1) is 20.8. The van der Waals surface area contributed by atoms with Gasteiger partial charge in [-0.25, -0.2) is 0 Å². The van der Waals surface area contributed by atoms with Crippen LogP contribution >= 0.6 is 0 Å². The van der Waals surface area contributed by atoms with Crippen LogP contribution in [0.25, 0.3) is 16.6 Å². The molecule has 226 valence electrons. The third kappa shape index (κ3) is 5.72. The van der Waals surface area contributed by atoms with Crippen LogP contribution in [0.3, 0.4) is 0 Å². The summed E-state index contributed by atoms with van der Waals surface area (Å²) < 4.78 is 14.1. The third-order valence-electron chi connectivity index (χ3n) is 8.91. The van der Waals surface area contributed by atoms with Gasteiger partial charge in [-0.05, 0) is 56.2 Å². The molecule has 0 radical (unpaired) electrons. The Bertz CT molecular complexity index is 1700. The number of rotatable bonds is 7. The summed E-state index contributed by atoms with van der Waals surface area (Å²) in [6.45, 7) is 13.4. The molecule has 5 heterocycles. The van der Waals surface area contributed by atoms with Crippen molar-refractivity contribution in [3.63, 3.8) is 0 Å². The molecular formula is C34H41N5O4. The number of aromatic amines is 1. The van der Waals surface area contributed by atoms with Crippen LogP contribution in [0.5, 0.6) is 0 Å². The quantitative estimate of drug-likeness (QED) is 0.303. The molecule has 2 aliphatic rings. The van der Waals surface area contributed by atoms with E-state index in [1.165, 1.54) is 0 Å². The van der Waals surface area contributed by atoms with Crippen LogP contribution in [0.1, 0.15) is 51.3 Å². The summed E-state index contributed by atoms with van der Waals surface area (Å²) in [7, 11) is 0. The highest BCUT2D eigenvalue weighted by atomic mass is 16.5. The molecule has 2 saturated heterocycles. The summed E-state index contributed by atoms with van der Waals surface area (Å²) in [5.41, 5.74) is 8.93. The highest BCUT2D eigenvalue weighted by Gasteiger charge is 2.29. The van der Waals surface area contributed by atoms with E-state index < -0.39 is 0 Å². The minimum Gasteiger partial charge on any atom is -0.378 e. The number of carbonyl (C=O) groups excluding carboxylic acids is 1. The Morgan fingerprint density at radius 2 is 1.86 bits per heavy atom. The number of morpholine rings is 2. The highest BCUT2D eigenvalue weighted by Crippen LogP contribution is 2.38. The van der Waals surface area contributed by atoms with Crippen molar-refractivity contribution in [2.45, 2.75) is 46.3 Å². The van der Waals surface area contributed by atoms with Crippen LogP contribution in [0, 0.1) is 20.8 Å². The lowest BCUT2D eigenvalue weighted by Crippen LogP contribution is -2.41. The van der Waals surface area contributed by atoms with Crippen molar-refractivity contribution in [2.75, 3.05) is 50.9 Å². The molecule has 3 N–H and O–H groups in total. The molecule has 2 aliphatic heterocycles. The molecule has 0 saturated carbocycles. The van der Waals surface area contributed by atoms with Gasteiger partial charge in [-0.2, -0.15) is 0 Å². The average Bonchev–Trinajstić information content (AvgIpc) is 3.44. The smallest absolute Gasteiger partial charge is 0.253 e. The minimum atomic E-state index is -0.205. The van der Waals surface area contributed by atoms with Gasteiger partial charge in [0.1, 0.15) is 0 Å². The second-order valence-corrected chi connectivity index (χ2v) is 11.7. The fourth-order valence-electron chi connectivity index (χ4n) is 6.62. The molecule has 9 nitrogen and oxygen atoms in total. The number of anilines is 1. The molecule has 0 bridgehead atoms. The predicted octanol–water partition coefficient (Wildman–Crippen LogP) is 4.08. The molecule has 2 unspecified atom stereocenters. The van der Waals surface area contributed by atoms with Gasteiger partial charge in [0.2, 0.25) is 0 Å². The maximum atomic E-state index is 13.9. The monoisotopic (exact) mass is 583 g/mol. The molecule has 0 spiro atoms. The largest absolute Gasteiger partial charge is 0.378 e. The molecule has 4 aromatic rings. The van der Waals surface area contributed by atoms with Gasteiger partial charge in [0, 0.05) is 84.2 Å². The van der Waals surface area contributed by atoms with Gasteiger partial charge in [-0.3, -0.25) is 9.59 Å². The minimum absolute atomic E-state index is 0.0192. The Balaban J connectivity index is 1.45. The molecule has 1 amide bonds. The van der Waals surface area contributed by atoms with Crippen LogP contribution in [-0.4, -0.2) is 67.4 Å². The molecule has 2 fully saturated rings. The number of benzene rings is 1. The van der Waals surface area contributed by atoms with E-state index in [1.54, 1.807) is 0 Å². The number of aromatic nitrogens is 2. The summed E-state index contributed by atoms with van der Waals surface area (Å²) in [6, 6.07) is 14.5. The van der Waals surface area contributed by atoms with Crippen molar-refractivity contribution < 1.29 is 14.3 Å². The Labute approximate surface area is 252 Å². The number of H-pyrrole nitrogens is 1. The Morgan fingerprint density at radius 1 is 1.07 bits per heavy atom. The summed E-state index contributed by atoms with van der Waals surface area (Å²) in [5, 5.41) is 6.50. The standard InChI is InChI=1S/C34H41N5O4/c1-21-17-22(2)37-34(41)28(21)19-36-33(40)27-18-30-26(25-7-5-6-8-29(25)38-12-15-42-16-13-38)9-11-39(30)32(23(27)3)24(4)31-20-35-10-14-43-31/h5-9,11,17-18,24,31,35H,10,12-16,19-20H2,1-4H3,(H,36,40)(H,37,41). The van der Waals surface area contributed by atoms with E-state index in [1.807, 2.05) is 32.9 Å². The first kappa shape index (κ1) is 29.2. The van der Waals surface area contributed by atoms with Crippen molar-refractivity contribution in [1.29, 1.82) is 0 Å². The van der Waals surface area contributed by atoms with Gasteiger partial charge in [0.15, 0.2) is 0 Å². The number of carbonyl (C=O) groups is 1. The topological polar surface area (TPSA) is 100 Å². The van der Waals surface area contributed by atoms with Crippen LogP contribution in [0.15, 0.2) is 53.5 Å². The van der Waals surface area contributed by atoms with Crippen LogP contribution in [0.4, 0.5) is 5.69 Å². The maximum absolute atomic E-state index is 13.9. The van der Waals surface area contributed by atoms with Crippen LogP contribution < -0.4 is 21.1 Å². The lowest BCUT2D eigenvalue weighted by atomic mass is 9.92. The zero-order chi connectivity index (χ0) is 30.1. The molecule has 6 rings (SSSR count). The lowest BCUT2D eigenvalue weighted by molar-refractivity contribution is 0.0135. The number of amides is 1. The third-order valence-corrected chi connectivity index (χ3v) is 8.91. The normalized spacial score (nSPS) is 18.1. The van der Waals surface area contributed by atoms with Gasteiger partial charge >= 0.3 is 0 Å². The van der Waals surface area contributed by atoms with E-state index in [9.17, 15) is 9.59 Å². The van der Waals surface area contributed by atoms with Crippen LogP contribution in [-0.2, 0) is 16.0 Å². The highest BCUT2D eigenvalue weighted by molar-refractivity contribution is 5.99. The number of para-hydroxylation sites is 1. The number of nitrogens with one attached hydrogen (secondary N) is 3. The van der Waals surface area contributed by atoms with Crippen molar-refractivity contribution in [3.8, 4) is 11.1 Å². The van der Waals surface area contributed by atoms with E-state index in [0.29, 0.717) is 30.9 Å². The molecule has 43 heavy (non-hydrogen) atoms. The zero-order valence-electron chi connectivity index (χ0n) is 25.5. The summed E-state index contributed by atoms with van der Waals surface area (Å²) in [6.07, 6.45) is 2.10.